The molecule has 0 spiro atoms. The van der Waals surface area contributed by atoms with Crippen LogP contribution in [0.1, 0.15) is 23.5 Å². The molecule has 1 heterocycles. The van der Waals surface area contributed by atoms with E-state index in [2.05, 4.69) is 15.7 Å². The van der Waals surface area contributed by atoms with Crippen molar-refractivity contribution in [3.05, 3.63) is 16.1 Å². The molecule has 0 amide bonds. The van der Waals surface area contributed by atoms with Gasteiger partial charge in [-0.3, -0.25) is 0 Å². The molecule has 1 aliphatic carbocycles. The molecule has 3 N–H and O–H groups in total. The maximum absolute atomic E-state index is 5.48. The molecule has 0 saturated heterocycles. The number of nitrogens with zero attached hydrogens (tertiary/aromatic N) is 1. The van der Waals surface area contributed by atoms with Crippen molar-refractivity contribution in [1.82, 2.24) is 10.3 Å². The molecule has 0 atom stereocenters. The normalized spacial score (nSPS) is 16.4. The topological polar surface area (TPSA) is 50.9 Å². The van der Waals surface area contributed by atoms with Crippen molar-refractivity contribution < 1.29 is 0 Å². The minimum atomic E-state index is 0.563. The van der Waals surface area contributed by atoms with Crippen LogP contribution in [0.15, 0.2) is 5.38 Å². The van der Waals surface area contributed by atoms with E-state index in [1.54, 1.807) is 11.3 Å². The largest absolute Gasteiger partial charge is 0.325 e. The van der Waals surface area contributed by atoms with Gasteiger partial charge in [-0.15, -0.1) is 11.3 Å². The van der Waals surface area contributed by atoms with E-state index in [0.29, 0.717) is 6.54 Å². The smallest absolute Gasteiger partial charge is 0.106 e. The highest BCUT2D eigenvalue weighted by Gasteiger charge is 2.20. The number of aromatic nitrogens is 1. The van der Waals surface area contributed by atoms with Crippen molar-refractivity contribution in [2.45, 2.75) is 25.9 Å². The molecule has 1 saturated carbocycles. The Labute approximate surface area is 82.4 Å². The van der Waals surface area contributed by atoms with Crippen LogP contribution in [0.25, 0.3) is 0 Å². The van der Waals surface area contributed by atoms with Gasteiger partial charge in [-0.25, -0.2) is 4.98 Å². The van der Waals surface area contributed by atoms with E-state index >= 15 is 0 Å². The zero-order chi connectivity index (χ0) is 9.10. The van der Waals surface area contributed by atoms with Gasteiger partial charge in [0.1, 0.15) is 5.01 Å². The van der Waals surface area contributed by atoms with Gasteiger partial charge in [0.15, 0.2) is 0 Å². The van der Waals surface area contributed by atoms with Crippen LogP contribution in [0.3, 0.4) is 0 Å². The van der Waals surface area contributed by atoms with E-state index in [9.17, 15) is 0 Å². The molecule has 0 radical (unpaired) electrons. The Kier molecular flexibility index (Phi) is 2.93. The first-order valence-corrected chi connectivity index (χ1v) is 5.60. The van der Waals surface area contributed by atoms with Crippen LogP contribution in [-0.2, 0) is 13.1 Å². The molecule has 2 rings (SSSR count). The van der Waals surface area contributed by atoms with Gasteiger partial charge >= 0.3 is 0 Å². The van der Waals surface area contributed by atoms with Crippen molar-refractivity contribution in [3.8, 4) is 0 Å². The molecule has 72 valence electrons. The van der Waals surface area contributed by atoms with Crippen LogP contribution in [0.2, 0.25) is 0 Å². The third-order valence-corrected chi connectivity index (χ3v) is 3.13. The average Bonchev–Trinajstić information content (AvgIpc) is 2.84. The quantitative estimate of drug-likeness (QED) is 0.743. The molecule has 3 nitrogen and oxygen atoms in total. The average molecular weight is 197 g/mol. The van der Waals surface area contributed by atoms with Gasteiger partial charge in [-0.1, -0.05) is 0 Å². The zero-order valence-electron chi connectivity index (χ0n) is 7.62. The van der Waals surface area contributed by atoms with Crippen LogP contribution in [0.4, 0.5) is 0 Å². The molecule has 1 aliphatic rings. The lowest BCUT2D eigenvalue weighted by Crippen LogP contribution is -2.16. The van der Waals surface area contributed by atoms with E-state index in [0.717, 1.165) is 29.7 Å². The van der Waals surface area contributed by atoms with Crippen LogP contribution in [0, 0.1) is 5.92 Å². The van der Waals surface area contributed by atoms with Gasteiger partial charge in [0.05, 0.1) is 5.69 Å². The standard InChI is InChI=1S/C9H15N3S/c10-3-9-12-8(6-13-9)5-11-4-7-1-2-7/h6-7,11H,1-5,10H2. The van der Waals surface area contributed by atoms with Crippen LogP contribution < -0.4 is 11.1 Å². The summed E-state index contributed by atoms with van der Waals surface area (Å²) in [5, 5.41) is 6.52. The summed E-state index contributed by atoms with van der Waals surface area (Å²) in [6, 6.07) is 0. The summed E-state index contributed by atoms with van der Waals surface area (Å²) >= 11 is 1.65. The van der Waals surface area contributed by atoms with Crippen molar-refractivity contribution in [1.29, 1.82) is 0 Å². The minimum Gasteiger partial charge on any atom is -0.325 e. The number of nitrogens with two attached hydrogens (primary N) is 1. The first kappa shape index (κ1) is 9.12. The fraction of sp³-hybridized carbons (Fsp3) is 0.667. The second-order valence-electron chi connectivity index (χ2n) is 3.51. The monoisotopic (exact) mass is 197 g/mol. The highest BCUT2D eigenvalue weighted by molar-refractivity contribution is 7.09. The molecule has 0 aromatic carbocycles. The summed E-state index contributed by atoms with van der Waals surface area (Å²) in [6.45, 7) is 2.61. The predicted molar refractivity (Wildman–Crippen MR) is 54.4 cm³/mol. The minimum absolute atomic E-state index is 0.563. The van der Waals surface area contributed by atoms with E-state index < -0.39 is 0 Å². The molecule has 13 heavy (non-hydrogen) atoms. The Morgan fingerprint density at radius 2 is 2.46 bits per heavy atom. The number of thiazole rings is 1. The van der Waals surface area contributed by atoms with E-state index in [4.69, 9.17) is 5.73 Å². The predicted octanol–water partition coefficient (Wildman–Crippen LogP) is 1.10. The van der Waals surface area contributed by atoms with E-state index in [1.165, 1.54) is 12.8 Å². The third kappa shape index (κ3) is 2.76. The zero-order valence-corrected chi connectivity index (χ0v) is 8.44. The molecular weight excluding hydrogens is 182 g/mol. The van der Waals surface area contributed by atoms with Crippen LogP contribution in [-0.4, -0.2) is 11.5 Å². The number of hydrogen-bond acceptors (Lipinski definition) is 4. The Hall–Kier alpha value is -0.450. The van der Waals surface area contributed by atoms with Gasteiger partial charge in [-0.2, -0.15) is 0 Å². The fourth-order valence-electron chi connectivity index (χ4n) is 1.25. The van der Waals surface area contributed by atoms with Crippen molar-refractivity contribution in [3.63, 3.8) is 0 Å². The summed E-state index contributed by atoms with van der Waals surface area (Å²) in [5.41, 5.74) is 6.61. The van der Waals surface area contributed by atoms with Crippen LogP contribution in [0.5, 0.6) is 0 Å². The van der Waals surface area contributed by atoms with E-state index in [-0.39, 0.29) is 0 Å². The van der Waals surface area contributed by atoms with Gasteiger partial charge in [0.25, 0.3) is 0 Å². The number of nitrogens with one attached hydrogen (secondary N) is 1. The Morgan fingerprint density at radius 1 is 1.62 bits per heavy atom. The lowest BCUT2D eigenvalue weighted by atomic mass is 10.4. The molecule has 1 fully saturated rings. The lowest BCUT2D eigenvalue weighted by molar-refractivity contribution is 0.631. The molecular formula is C9H15N3S. The third-order valence-electron chi connectivity index (χ3n) is 2.21. The molecule has 4 heteroatoms. The number of rotatable bonds is 5. The molecule has 0 unspecified atom stereocenters. The Balaban J connectivity index is 1.72. The Bertz CT molecular complexity index is 268. The van der Waals surface area contributed by atoms with Crippen molar-refractivity contribution in [2.24, 2.45) is 11.7 Å². The second-order valence-corrected chi connectivity index (χ2v) is 4.45. The molecule has 1 aromatic heterocycles. The molecule has 0 bridgehead atoms. The van der Waals surface area contributed by atoms with E-state index in [1.807, 2.05) is 0 Å². The first-order valence-electron chi connectivity index (χ1n) is 4.72. The van der Waals surface area contributed by atoms with Gasteiger partial charge < -0.3 is 11.1 Å². The van der Waals surface area contributed by atoms with Gasteiger partial charge in [0, 0.05) is 18.5 Å². The van der Waals surface area contributed by atoms with Gasteiger partial charge in [-0.05, 0) is 25.3 Å². The molecule has 0 aliphatic heterocycles. The summed E-state index contributed by atoms with van der Waals surface area (Å²) in [6.07, 6.45) is 2.80. The lowest BCUT2D eigenvalue weighted by Gasteiger charge is -1.99. The number of hydrogen-bond donors (Lipinski definition) is 2. The SMILES string of the molecule is NCc1nc(CNCC2CC2)cs1. The van der Waals surface area contributed by atoms with Crippen molar-refractivity contribution >= 4 is 11.3 Å². The maximum atomic E-state index is 5.48. The van der Waals surface area contributed by atoms with Gasteiger partial charge in [0.2, 0.25) is 0 Å². The maximum Gasteiger partial charge on any atom is 0.106 e. The summed E-state index contributed by atoms with van der Waals surface area (Å²) < 4.78 is 0. The van der Waals surface area contributed by atoms with Crippen LogP contribution >= 0.6 is 11.3 Å². The summed E-state index contributed by atoms with van der Waals surface area (Å²) in [7, 11) is 0. The summed E-state index contributed by atoms with van der Waals surface area (Å²) in [5.74, 6) is 0.938. The fourth-order valence-corrected chi connectivity index (χ4v) is 1.92. The summed E-state index contributed by atoms with van der Waals surface area (Å²) in [4.78, 5) is 4.38. The molecule has 1 aromatic rings. The Morgan fingerprint density at radius 3 is 3.08 bits per heavy atom. The second kappa shape index (κ2) is 4.17. The first-order chi connectivity index (χ1) is 6.38. The highest BCUT2D eigenvalue weighted by Crippen LogP contribution is 2.27. The highest BCUT2D eigenvalue weighted by atomic mass is 32.1. The van der Waals surface area contributed by atoms with Crippen molar-refractivity contribution in [2.75, 3.05) is 6.54 Å².